The molecule has 0 aliphatic carbocycles. The summed E-state index contributed by atoms with van der Waals surface area (Å²) in [4.78, 5) is 12.5. The van der Waals surface area contributed by atoms with Gasteiger partial charge in [-0.25, -0.2) is 0 Å². The molecule has 3 heteroatoms. The molecule has 6 aromatic rings. The first kappa shape index (κ1) is 24.1. The number of hydrogen-bond acceptors (Lipinski definition) is 2. The van der Waals surface area contributed by atoms with Crippen LogP contribution in [0.2, 0.25) is 0 Å². The Morgan fingerprint density at radius 1 is 0.579 bits per heavy atom. The molecule has 0 aliphatic heterocycles. The van der Waals surface area contributed by atoms with Crippen molar-refractivity contribution in [3.05, 3.63) is 132 Å². The van der Waals surface area contributed by atoms with Crippen LogP contribution in [0.5, 0.6) is 0 Å². The molecule has 0 spiro atoms. The van der Waals surface area contributed by atoms with Crippen LogP contribution in [0.3, 0.4) is 0 Å². The van der Waals surface area contributed by atoms with E-state index >= 15 is 0 Å². The average Bonchev–Trinajstić information content (AvgIpc) is 2.96. The summed E-state index contributed by atoms with van der Waals surface area (Å²) < 4.78 is 14.9. The zero-order chi connectivity index (χ0) is 26.2. The van der Waals surface area contributed by atoms with Gasteiger partial charge in [0.2, 0.25) is 0 Å². The molecular formula is C35H27O2P. The molecule has 2 nitrogen and oxygen atoms in total. The van der Waals surface area contributed by atoms with E-state index in [4.69, 9.17) is 0 Å². The van der Waals surface area contributed by atoms with Gasteiger partial charge in [0.1, 0.15) is 7.80 Å². The Morgan fingerprint density at radius 2 is 1.16 bits per heavy atom. The van der Waals surface area contributed by atoms with Crippen molar-refractivity contribution in [3.63, 3.8) is 0 Å². The van der Waals surface area contributed by atoms with E-state index in [9.17, 15) is 9.36 Å². The molecule has 38 heavy (non-hydrogen) atoms. The summed E-state index contributed by atoms with van der Waals surface area (Å²) >= 11 is 0. The van der Waals surface area contributed by atoms with Crippen LogP contribution in [0.4, 0.5) is 0 Å². The van der Waals surface area contributed by atoms with Crippen molar-refractivity contribution < 1.29 is 9.36 Å². The lowest BCUT2D eigenvalue weighted by Gasteiger charge is -2.22. The van der Waals surface area contributed by atoms with Crippen LogP contribution in [-0.4, -0.2) is 6.29 Å². The Labute approximate surface area is 223 Å². The summed E-state index contributed by atoms with van der Waals surface area (Å²) in [5.74, 6) is 0. The zero-order valence-electron chi connectivity index (χ0n) is 21.4. The van der Waals surface area contributed by atoms with Gasteiger partial charge in [-0.15, -0.1) is 0 Å². The quantitative estimate of drug-likeness (QED) is 0.173. The van der Waals surface area contributed by atoms with E-state index in [1.807, 2.05) is 66.7 Å². The minimum atomic E-state index is -2.62. The summed E-state index contributed by atoms with van der Waals surface area (Å²) in [7, 11) is -2.62. The van der Waals surface area contributed by atoms with E-state index in [2.05, 4.69) is 62.4 Å². The first-order valence-electron chi connectivity index (χ1n) is 12.8. The average molecular weight is 511 g/mol. The molecule has 0 bridgehead atoms. The fourth-order valence-electron chi connectivity index (χ4n) is 5.56. The number of benzene rings is 6. The van der Waals surface area contributed by atoms with Crippen LogP contribution in [-0.2, 0) is 4.57 Å². The SMILES string of the molecule is Cc1ccccc1-c1cc2ccccc2c([PH](=O)c2ccc3ccccc3c2C=O)c1-c1ccccc1C. The third-order valence-electron chi connectivity index (χ3n) is 7.46. The van der Waals surface area contributed by atoms with Gasteiger partial charge < -0.3 is 4.57 Å². The van der Waals surface area contributed by atoms with Crippen LogP contribution < -0.4 is 10.6 Å². The Bertz CT molecular complexity index is 1880. The lowest BCUT2D eigenvalue weighted by molar-refractivity contribution is 0.112. The minimum absolute atomic E-state index is 0.507. The van der Waals surface area contributed by atoms with E-state index < -0.39 is 7.80 Å². The number of rotatable bonds is 5. The highest BCUT2D eigenvalue weighted by Crippen LogP contribution is 2.42. The predicted molar refractivity (Wildman–Crippen MR) is 162 cm³/mol. The largest absolute Gasteiger partial charge is 0.317 e. The van der Waals surface area contributed by atoms with E-state index in [0.29, 0.717) is 10.9 Å². The predicted octanol–water partition coefficient (Wildman–Crippen LogP) is 8.27. The number of hydrogen-bond donors (Lipinski definition) is 0. The fourth-order valence-corrected chi connectivity index (χ4v) is 7.47. The van der Waals surface area contributed by atoms with Crippen LogP contribution >= 0.6 is 7.80 Å². The molecule has 0 fully saturated rings. The van der Waals surface area contributed by atoms with Gasteiger partial charge in [-0.2, -0.15) is 0 Å². The molecule has 6 rings (SSSR count). The molecule has 6 aromatic carbocycles. The van der Waals surface area contributed by atoms with Crippen LogP contribution in [0.15, 0.2) is 115 Å². The topological polar surface area (TPSA) is 34.1 Å². The fraction of sp³-hybridized carbons (Fsp3) is 0.0571. The molecule has 0 saturated heterocycles. The summed E-state index contributed by atoms with van der Waals surface area (Å²) in [6, 6.07) is 38.6. The second kappa shape index (κ2) is 9.89. The van der Waals surface area contributed by atoms with Gasteiger partial charge in [-0.1, -0.05) is 109 Å². The van der Waals surface area contributed by atoms with Crippen molar-refractivity contribution in [2.24, 2.45) is 0 Å². The smallest absolute Gasteiger partial charge is 0.151 e. The number of carbonyl (C=O) groups excluding carboxylic acids is 1. The highest BCUT2D eigenvalue weighted by molar-refractivity contribution is 7.62. The van der Waals surface area contributed by atoms with Gasteiger partial charge in [0, 0.05) is 21.7 Å². The van der Waals surface area contributed by atoms with Gasteiger partial charge in [0.15, 0.2) is 6.29 Å². The molecule has 0 radical (unpaired) electrons. The molecule has 1 atom stereocenters. The van der Waals surface area contributed by atoms with Crippen LogP contribution in [0.1, 0.15) is 21.5 Å². The molecule has 1 unspecified atom stereocenters. The third kappa shape index (κ3) is 3.99. The molecule has 0 aliphatic rings. The Kier molecular flexibility index (Phi) is 6.27. The molecule has 0 amide bonds. The van der Waals surface area contributed by atoms with Gasteiger partial charge in [0.05, 0.1) is 0 Å². The van der Waals surface area contributed by atoms with Crippen molar-refractivity contribution >= 4 is 46.2 Å². The van der Waals surface area contributed by atoms with Crippen molar-refractivity contribution in [3.8, 4) is 22.3 Å². The normalized spacial score (nSPS) is 12.1. The van der Waals surface area contributed by atoms with E-state index in [1.165, 1.54) is 0 Å². The number of aldehydes is 1. The van der Waals surface area contributed by atoms with Gasteiger partial charge in [-0.3, -0.25) is 4.79 Å². The van der Waals surface area contributed by atoms with E-state index in [0.717, 1.165) is 66.5 Å². The second-order valence-corrected chi connectivity index (χ2v) is 11.4. The highest BCUT2D eigenvalue weighted by Gasteiger charge is 2.25. The Balaban J connectivity index is 1.77. The summed E-state index contributed by atoms with van der Waals surface area (Å²) in [5.41, 5.74) is 6.97. The van der Waals surface area contributed by atoms with Crippen molar-refractivity contribution in [1.29, 1.82) is 0 Å². The summed E-state index contributed by atoms with van der Waals surface area (Å²) in [6.45, 7) is 4.21. The maximum Gasteiger partial charge on any atom is 0.151 e. The number of fused-ring (bicyclic) bond motifs is 2. The van der Waals surface area contributed by atoms with E-state index in [1.54, 1.807) is 0 Å². The minimum Gasteiger partial charge on any atom is -0.317 e. The molecule has 0 saturated carbocycles. The molecule has 0 heterocycles. The standard InChI is InChI=1S/C35H27O2P/c1-23-11-3-7-15-27(23)31-21-26-14-6-10-18-30(26)35(34(31)28-16-8-4-12-24(28)2)38(37)33-20-19-25-13-5-9-17-29(25)32(33)22-36/h3-22,38H,1-2H3. The molecular weight excluding hydrogens is 483 g/mol. The Morgan fingerprint density at radius 3 is 1.84 bits per heavy atom. The van der Waals surface area contributed by atoms with Crippen LogP contribution in [0.25, 0.3) is 43.8 Å². The first-order chi connectivity index (χ1) is 18.6. The summed E-state index contributed by atoms with van der Waals surface area (Å²) in [5, 5.41) is 5.19. The van der Waals surface area contributed by atoms with Gasteiger partial charge in [-0.05, 0) is 69.3 Å². The molecule has 184 valence electrons. The number of aryl methyl sites for hydroxylation is 2. The van der Waals surface area contributed by atoms with Crippen LogP contribution in [0, 0.1) is 13.8 Å². The summed E-state index contributed by atoms with van der Waals surface area (Å²) in [6.07, 6.45) is 0.862. The monoisotopic (exact) mass is 510 g/mol. The highest BCUT2D eigenvalue weighted by atomic mass is 31.1. The zero-order valence-corrected chi connectivity index (χ0v) is 22.4. The molecule has 0 aromatic heterocycles. The maximum atomic E-state index is 14.9. The molecule has 0 N–H and O–H groups in total. The van der Waals surface area contributed by atoms with Gasteiger partial charge >= 0.3 is 0 Å². The van der Waals surface area contributed by atoms with Crippen molar-refractivity contribution in [2.45, 2.75) is 13.8 Å². The lowest BCUT2D eigenvalue weighted by atomic mass is 9.88. The third-order valence-corrected chi connectivity index (χ3v) is 9.36. The Hall–Kier alpha value is -4.26. The van der Waals surface area contributed by atoms with E-state index in [-0.39, 0.29) is 0 Å². The second-order valence-electron chi connectivity index (χ2n) is 9.72. The van der Waals surface area contributed by atoms with Crippen molar-refractivity contribution in [2.75, 3.05) is 0 Å². The maximum absolute atomic E-state index is 14.9. The number of carbonyl (C=O) groups is 1. The first-order valence-corrected chi connectivity index (χ1v) is 14.2. The lowest BCUT2D eigenvalue weighted by Crippen LogP contribution is -2.16. The van der Waals surface area contributed by atoms with Crippen molar-refractivity contribution in [1.82, 2.24) is 0 Å². The van der Waals surface area contributed by atoms with Gasteiger partial charge in [0.25, 0.3) is 0 Å².